The van der Waals surface area contributed by atoms with Crippen molar-refractivity contribution in [2.24, 2.45) is 5.28 Å². The lowest BCUT2D eigenvalue weighted by Crippen LogP contribution is -2.59. The van der Waals surface area contributed by atoms with Crippen LogP contribution in [0.3, 0.4) is 0 Å². The molecule has 1 unspecified atom stereocenters. The number of ether oxygens (including phenoxy) is 2. The zero-order valence-electron chi connectivity index (χ0n) is 23.5. The number of nitrogens with zero attached hydrogens (tertiary/aromatic N) is 5. The van der Waals surface area contributed by atoms with Gasteiger partial charge in [-0.25, -0.2) is 22.6 Å². The number of rotatable bonds is 10. The van der Waals surface area contributed by atoms with E-state index in [1.54, 1.807) is 31.2 Å². The van der Waals surface area contributed by atoms with E-state index in [1.807, 2.05) is 11.6 Å². The van der Waals surface area contributed by atoms with Crippen molar-refractivity contribution in [3.8, 4) is 16.9 Å². The molecule has 0 radical (unpaired) electrons. The number of aromatic nitrogens is 2. The summed E-state index contributed by atoms with van der Waals surface area (Å²) >= 11 is 0. The Bertz CT molecular complexity index is 1640. The van der Waals surface area contributed by atoms with Crippen molar-refractivity contribution in [1.82, 2.24) is 19.5 Å². The first-order valence-corrected chi connectivity index (χ1v) is 14.5. The average molecular weight is 641 g/mol. The molecule has 0 spiro atoms. The van der Waals surface area contributed by atoms with Crippen molar-refractivity contribution in [3.05, 3.63) is 71.1 Å². The summed E-state index contributed by atoms with van der Waals surface area (Å²) in [5.74, 6) is -1.03. The molecule has 2 heterocycles. The molecule has 44 heavy (non-hydrogen) atoms. The molecule has 3 aromatic rings. The highest BCUT2D eigenvalue weighted by molar-refractivity contribution is 7.90. The van der Waals surface area contributed by atoms with E-state index in [-0.39, 0.29) is 40.8 Å². The van der Waals surface area contributed by atoms with Crippen molar-refractivity contribution < 1.29 is 50.5 Å². The molecule has 236 valence electrons. The lowest BCUT2D eigenvalue weighted by molar-refractivity contribution is -0.730. The highest BCUT2D eigenvalue weighted by Gasteiger charge is 2.42. The van der Waals surface area contributed by atoms with Gasteiger partial charge in [-0.2, -0.15) is 18.3 Å². The molecule has 0 bridgehead atoms. The summed E-state index contributed by atoms with van der Waals surface area (Å²) in [7, 11) is -4.45. The van der Waals surface area contributed by atoms with E-state index in [9.17, 15) is 36.4 Å². The minimum atomic E-state index is -4.72. The Labute approximate surface area is 249 Å². The number of halogens is 3. The van der Waals surface area contributed by atoms with Crippen LogP contribution in [-0.2, 0) is 35.3 Å². The number of alkyl halides is 3. The minimum absolute atomic E-state index is 0.0450. The molecule has 0 saturated carbocycles. The molecular weight excluding hydrogens is 613 g/mol. The van der Waals surface area contributed by atoms with E-state index in [1.165, 1.54) is 19.1 Å². The van der Waals surface area contributed by atoms with E-state index in [2.05, 4.69) is 19.8 Å². The van der Waals surface area contributed by atoms with Gasteiger partial charge in [0.15, 0.2) is 11.7 Å². The number of benzene rings is 2. The largest absolute Gasteiger partial charge is 0.569 e. The first-order chi connectivity index (χ1) is 20.7. The minimum Gasteiger partial charge on any atom is -0.569 e. The fourth-order valence-electron chi connectivity index (χ4n) is 3.98. The van der Waals surface area contributed by atoms with E-state index < -0.39 is 46.3 Å². The van der Waals surface area contributed by atoms with Gasteiger partial charge in [-0.15, -0.1) is 5.01 Å². The summed E-state index contributed by atoms with van der Waals surface area (Å²) in [4.78, 5) is 28.3. The van der Waals surface area contributed by atoms with Crippen LogP contribution >= 0.6 is 0 Å². The lowest BCUT2D eigenvalue weighted by atomic mass is 10.1. The number of hydrazine groups is 1. The fraction of sp³-hybridized carbons (Fsp3) is 0.346. The van der Waals surface area contributed by atoms with Gasteiger partial charge in [0, 0.05) is 18.9 Å². The van der Waals surface area contributed by atoms with E-state index >= 15 is 0 Å². The molecule has 1 fully saturated rings. The van der Waals surface area contributed by atoms with Gasteiger partial charge in [-0.05, 0) is 44.2 Å². The number of hydrogen-bond acceptors (Lipinski definition) is 10. The smallest absolute Gasteiger partial charge is 0.511 e. The Hall–Kier alpha value is -4.87. The van der Waals surface area contributed by atoms with Crippen molar-refractivity contribution in [2.75, 3.05) is 13.2 Å². The molecule has 1 saturated heterocycles. The van der Waals surface area contributed by atoms with Gasteiger partial charge in [0.1, 0.15) is 0 Å². The van der Waals surface area contributed by atoms with Crippen LogP contribution in [0.2, 0.25) is 0 Å². The Kier molecular flexibility index (Phi) is 9.31. The number of carbonyl (C=O) groups is 2. The zero-order valence-corrected chi connectivity index (χ0v) is 24.3. The van der Waals surface area contributed by atoms with Crippen molar-refractivity contribution in [3.63, 3.8) is 0 Å². The molecule has 4 rings (SSSR count). The maximum absolute atomic E-state index is 13.5. The van der Waals surface area contributed by atoms with E-state index in [0.29, 0.717) is 5.56 Å². The third kappa shape index (κ3) is 7.36. The van der Waals surface area contributed by atoms with E-state index in [4.69, 9.17) is 4.84 Å². The van der Waals surface area contributed by atoms with E-state index in [0.717, 1.165) is 33.5 Å². The summed E-state index contributed by atoms with van der Waals surface area (Å²) in [5, 5.41) is 20.0. The molecule has 2 aromatic carbocycles. The average Bonchev–Trinajstić information content (AvgIpc) is 3.38. The summed E-state index contributed by atoms with van der Waals surface area (Å²) in [6.07, 6.45) is -6.94. The monoisotopic (exact) mass is 640 g/mol. The highest BCUT2D eigenvalue weighted by Crippen LogP contribution is 2.33. The topological polar surface area (TPSA) is 167 Å². The number of nitrogens with one attached hydrogen (secondary N) is 1. The predicted octanol–water partition coefficient (Wildman–Crippen LogP) is 4.07. The van der Waals surface area contributed by atoms with Gasteiger partial charge in [0.25, 0.3) is 22.2 Å². The molecule has 1 aliphatic heterocycles. The van der Waals surface area contributed by atoms with Gasteiger partial charge < -0.3 is 14.7 Å². The summed E-state index contributed by atoms with van der Waals surface area (Å²) in [5.41, 5.74) is 0.491. The van der Waals surface area contributed by atoms with Crippen LogP contribution in [0, 0.1) is 12.1 Å². The second-order valence-corrected chi connectivity index (χ2v) is 11.1. The van der Waals surface area contributed by atoms with Crippen LogP contribution in [0.1, 0.15) is 31.5 Å². The summed E-state index contributed by atoms with van der Waals surface area (Å²) < 4.78 is 78.4. The number of carbonyl (C=O) groups excluding carboxylic acids is 2. The fourth-order valence-corrected chi connectivity index (χ4v) is 4.99. The van der Waals surface area contributed by atoms with Gasteiger partial charge in [0.05, 0.1) is 34.4 Å². The third-order valence-electron chi connectivity index (χ3n) is 6.28. The van der Waals surface area contributed by atoms with Crippen LogP contribution in [0.4, 0.5) is 18.0 Å². The SMILES string of the molecule is CCOC(=O)OC(C)ON=[N+]([O-])N1CC[C@H]1C(=O)NS(=O)(=O)c1ccc(-n2nc(C(F)(F)F)cc2-c2ccc(C)cc2)cc1. The standard InChI is InChI=1S/C26H27F3N6O8S/c1-4-41-25(37)42-17(3)43-32-35(38)33-14-13-21(33)24(36)31-44(39,40)20-11-9-19(10-12-20)34-22(15-23(30-34)26(27,28)29)18-7-5-16(2)6-8-18/h5-12,15,17,21H,4,13-14H2,1-3H3,(H,31,36)/t17?,21-/m0/s1. The van der Waals surface area contributed by atoms with Gasteiger partial charge in [-0.3, -0.25) is 9.63 Å². The van der Waals surface area contributed by atoms with Crippen molar-refractivity contribution >= 4 is 22.1 Å². The van der Waals surface area contributed by atoms with Crippen LogP contribution in [0.5, 0.6) is 0 Å². The van der Waals surface area contributed by atoms with Crippen LogP contribution in [0.15, 0.2) is 64.8 Å². The normalized spacial score (nSPS) is 16.1. The van der Waals surface area contributed by atoms with Crippen LogP contribution in [0.25, 0.3) is 16.9 Å². The Morgan fingerprint density at radius 3 is 2.41 bits per heavy atom. The molecule has 1 aromatic heterocycles. The summed E-state index contributed by atoms with van der Waals surface area (Å²) in [6, 6.07) is 11.1. The number of sulfonamides is 1. The molecule has 18 heteroatoms. The first-order valence-electron chi connectivity index (χ1n) is 13.0. The maximum Gasteiger partial charge on any atom is 0.511 e. The lowest BCUT2D eigenvalue weighted by Gasteiger charge is -2.33. The van der Waals surface area contributed by atoms with Crippen LogP contribution < -0.4 is 4.72 Å². The molecule has 14 nitrogen and oxygen atoms in total. The van der Waals surface area contributed by atoms with Gasteiger partial charge >= 0.3 is 12.3 Å². The van der Waals surface area contributed by atoms with Crippen LogP contribution in [-0.4, -0.2) is 65.7 Å². The molecule has 1 N–H and O–H groups in total. The maximum atomic E-state index is 13.5. The Morgan fingerprint density at radius 1 is 1.18 bits per heavy atom. The molecule has 0 aliphatic carbocycles. The zero-order chi connectivity index (χ0) is 32.2. The highest BCUT2D eigenvalue weighted by atomic mass is 32.2. The summed E-state index contributed by atoms with van der Waals surface area (Å²) in [6.45, 7) is 4.74. The molecular formula is C26H27F3N6O8S. The molecule has 2 atom stereocenters. The predicted molar refractivity (Wildman–Crippen MR) is 144 cm³/mol. The van der Waals surface area contributed by atoms with Gasteiger partial charge in [0.2, 0.25) is 5.28 Å². The second-order valence-electron chi connectivity index (χ2n) is 9.43. The van der Waals surface area contributed by atoms with Crippen molar-refractivity contribution in [2.45, 2.75) is 50.6 Å². The quantitative estimate of drug-likeness (QED) is 0.112. The molecule has 1 amide bonds. The second kappa shape index (κ2) is 12.8. The Morgan fingerprint density at radius 2 is 1.84 bits per heavy atom. The number of amides is 1. The molecule has 1 aliphatic rings. The number of aryl methyl sites for hydroxylation is 1. The third-order valence-corrected chi connectivity index (χ3v) is 7.64. The van der Waals surface area contributed by atoms with Crippen molar-refractivity contribution in [1.29, 1.82) is 0 Å². The first kappa shape index (κ1) is 32.1. The Balaban J connectivity index is 1.46. The number of hydrogen-bond donors (Lipinski definition) is 1. The van der Waals surface area contributed by atoms with Gasteiger partial charge in [-0.1, -0.05) is 29.8 Å².